The van der Waals surface area contributed by atoms with Crippen molar-refractivity contribution in [3.05, 3.63) is 23.8 Å². The number of nitrogen functional groups attached to an aromatic ring is 1. The van der Waals surface area contributed by atoms with Crippen LogP contribution in [0.3, 0.4) is 0 Å². The summed E-state index contributed by atoms with van der Waals surface area (Å²) < 4.78 is 26.7. The van der Waals surface area contributed by atoms with Crippen LogP contribution in [-0.2, 0) is 0 Å². The quantitative estimate of drug-likeness (QED) is 0.748. The Labute approximate surface area is 126 Å². The van der Waals surface area contributed by atoms with E-state index >= 15 is 0 Å². The van der Waals surface area contributed by atoms with Crippen molar-refractivity contribution in [2.75, 3.05) is 17.2 Å². The van der Waals surface area contributed by atoms with Gasteiger partial charge in [-0.05, 0) is 43.4 Å². The smallest absolute Gasteiger partial charge is 0.265 e. The second kappa shape index (κ2) is 7.10. The van der Waals surface area contributed by atoms with Crippen LogP contribution < -0.4 is 10.6 Å². The first-order chi connectivity index (χ1) is 9.99. The third-order valence-corrected chi connectivity index (χ3v) is 4.31. The highest BCUT2D eigenvalue weighted by Crippen LogP contribution is 2.36. The summed E-state index contributed by atoms with van der Waals surface area (Å²) in [6.07, 6.45) is 3.13. The van der Waals surface area contributed by atoms with E-state index in [0.29, 0.717) is 23.3 Å². The zero-order valence-corrected chi connectivity index (χ0v) is 13.0. The molecule has 0 aromatic heterocycles. The van der Waals surface area contributed by atoms with Gasteiger partial charge in [-0.15, -0.1) is 0 Å². The molecular formula is C17H26F2N2. The Hall–Kier alpha value is -1.32. The van der Waals surface area contributed by atoms with Crippen molar-refractivity contribution in [3.63, 3.8) is 0 Å². The molecule has 0 saturated heterocycles. The minimum atomic E-state index is -2.48. The van der Waals surface area contributed by atoms with E-state index in [1.807, 2.05) is 0 Å². The number of hydrogen-bond donors (Lipinski definition) is 1. The molecule has 2 nitrogen and oxygen atoms in total. The summed E-state index contributed by atoms with van der Waals surface area (Å²) >= 11 is 0. The van der Waals surface area contributed by atoms with E-state index in [1.54, 1.807) is 12.1 Å². The molecule has 0 amide bonds. The maximum atomic E-state index is 13.4. The lowest BCUT2D eigenvalue weighted by Gasteiger charge is -2.33. The number of hydrogen-bond acceptors (Lipinski definition) is 2. The van der Waals surface area contributed by atoms with Crippen LogP contribution in [0.15, 0.2) is 18.2 Å². The van der Waals surface area contributed by atoms with Crippen molar-refractivity contribution in [1.82, 2.24) is 0 Å². The monoisotopic (exact) mass is 296 g/mol. The molecule has 0 bridgehead atoms. The lowest BCUT2D eigenvalue weighted by molar-refractivity contribution is 0.151. The van der Waals surface area contributed by atoms with Crippen LogP contribution in [0, 0.1) is 5.92 Å². The van der Waals surface area contributed by atoms with Crippen molar-refractivity contribution < 1.29 is 8.78 Å². The molecule has 1 aliphatic carbocycles. The van der Waals surface area contributed by atoms with Crippen molar-refractivity contribution in [2.24, 2.45) is 5.92 Å². The largest absolute Gasteiger partial charge is 0.399 e. The molecular weight excluding hydrogens is 270 g/mol. The normalized spacial score (nSPS) is 16.1. The molecule has 0 radical (unpaired) electrons. The number of nitrogens with two attached hydrogens (primary N) is 1. The molecule has 1 aromatic carbocycles. The zero-order valence-electron chi connectivity index (χ0n) is 13.0. The summed E-state index contributed by atoms with van der Waals surface area (Å²) in [5, 5.41) is 0. The van der Waals surface area contributed by atoms with Gasteiger partial charge in [0.15, 0.2) is 0 Å². The van der Waals surface area contributed by atoms with Gasteiger partial charge >= 0.3 is 0 Å². The van der Waals surface area contributed by atoms with Crippen LogP contribution in [0.25, 0.3) is 0 Å². The Morgan fingerprint density at radius 2 is 1.90 bits per heavy atom. The minimum Gasteiger partial charge on any atom is -0.399 e. The van der Waals surface area contributed by atoms with E-state index in [1.165, 1.54) is 18.9 Å². The van der Waals surface area contributed by atoms with Crippen molar-refractivity contribution >= 4 is 11.4 Å². The van der Waals surface area contributed by atoms with Crippen LogP contribution in [0.5, 0.6) is 0 Å². The molecule has 1 fully saturated rings. The van der Waals surface area contributed by atoms with Crippen molar-refractivity contribution in [3.8, 4) is 0 Å². The number of benzene rings is 1. The van der Waals surface area contributed by atoms with Gasteiger partial charge in [0.25, 0.3) is 6.43 Å². The Bertz CT molecular complexity index is 454. The van der Waals surface area contributed by atoms with E-state index in [4.69, 9.17) is 5.73 Å². The van der Waals surface area contributed by atoms with E-state index in [9.17, 15) is 8.78 Å². The molecule has 1 aliphatic rings. The maximum absolute atomic E-state index is 13.4. The van der Waals surface area contributed by atoms with Gasteiger partial charge in [-0.2, -0.15) is 0 Å². The van der Waals surface area contributed by atoms with Crippen molar-refractivity contribution in [2.45, 2.75) is 58.4 Å². The highest BCUT2D eigenvalue weighted by atomic mass is 19.3. The summed E-state index contributed by atoms with van der Waals surface area (Å²) in [5.74, 6) is 0.567. The molecule has 2 N–H and O–H groups in total. The van der Waals surface area contributed by atoms with Gasteiger partial charge < -0.3 is 10.6 Å². The number of rotatable bonds is 6. The maximum Gasteiger partial charge on any atom is 0.265 e. The molecule has 2 rings (SSSR count). The van der Waals surface area contributed by atoms with E-state index in [2.05, 4.69) is 18.7 Å². The number of anilines is 2. The molecule has 0 atom stereocenters. The average Bonchev–Trinajstić information content (AvgIpc) is 2.93. The van der Waals surface area contributed by atoms with Gasteiger partial charge in [0.1, 0.15) is 0 Å². The Kier molecular flexibility index (Phi) is 5.43. The summed E-state index contributed by atoms with van der Waals surface area (Å²) in [6, 6.07) is 5.33. The molecule has 0 unspecified atom stereocenters. The second-order valence-corrected chi connectivity index (χ2v) is 6.43. The first-order valence-electron chi connectivity index (χ1n) is 7.93. The first kappa shape index (κ1) is 16.1. The van der Waals surface area contributed by atoms with E-state index < -0.39 is 6.43 Å². The fourth-order valence-corrected chi connectivity index (χ4v) is 3.12. The predicted molar refractivity (Wildman–Crippen MR) is 84.9 cm³/mol. The molecule has 1 saturated carbocycles. The van der Waals surface area contributed by atoms with Gasteiger partial charge in [0, 0.05) is 29.5 Å². The molecule has 0 spiro atoms. The predicted octanol–water partition coefficient (Wildman–Crippen LogP) is 5.00. The van der Waals surface area contributed by atoms with Gasteiger partial charge in [0.05, 0.1) is 0 Å². The molecule has 0 heterocycles. The van der Waals surface area contributed by atoms with Crippen LogP contribution in [0.4, 0.5) is 20.2 Å². The SMILES string of the molecule is CC(C)CCN(c1ccc(N)cc1C(F)F)C1CCCC1. The lowest BCUT2D eigenvalue weighted by Crippen LogP contribution is -2.35. The fraction of sp³-hybridized carbons (Fsp3) is 0.647. The Morgan fingerprint density at radius 1 is 1.24 bits per heavy atom. The summed E-state index contributed by atoms with van der Waals surface area (Å²) in [4.78, 5) is 2.20. The standard InChI is InChI=1S/C17H26F2N2/c1-12(2)9-10-21(14-5-3-4-6-14)16-8-7-13(20)11-15(16)17(18)19/h7-8,11-12,14,17H,3-6,9-10,20H2,1-2H3. The fourth-order valence-electron chi connectivity index (χ4n) is 3.12. The topological polar surface area (TPSA) is 29.3 Å². The van der Waals surface area contributed by atoms with Gasteiger partial charge in [-0.3, -0.25) is 0 Å². The number of nitrogens with zero attached hydrogens (tertiary/aromatic N) is 1. The van der Waals surface area contributed by atoms with Gasteiger partial charge in [0.2, 0.25) is 0 Å². The van der Waals surface area contributed by atoms with Crippen molar-refractivity contribution in [1.29, 1.82) is 0 Å². The molecule has 118 valence electrons. The Balaban J connectivity index is 2.30. The van der Waals surface area contributed by atoms with Crippen LogP contribution in [0.1, 0.15) is 57.9 Å². The summed E-state index contributed by atoms with van der Waals surface area (Å²) in [5.41, 5.74) is 6.84. The number of halogens is 2. The average molecular weight is 296 g/mol. The minimum absolute atomic E-state index is 0.0747. The molecule has 0 aliphatic heterocycles. The highest BCUT2D eigenvalue weighted by molar-refractivity contribution is 5.61. The molecule has 21 heavy (non-hydrogen) atoms. The summed E-state index contributed by atoms with van der Waals surface area (Å²) in [7, 11) is 0. The molecule has 1 aromatic rings. The van der Waals surface area contributed by atoms with Crippen LogP contribution in [-0.4, -0.2) is 12.6 Å². The zero-order chi connectivity index (χ0) is 15.4. The molecule has 4 heteroatoms. The van der Waals surface area contributed by atoms with E-state index in [-0.39, 0.29) is 5.56 Å². The highest BCUT2D eigenvalue weighted by Gasteiger charge is 2.26. The van der Waals surface area contributed by atoms with Crippen LogP contribution in [0.2, 0.25) is 0 Å². The lowest BCUT2D eigenvalue weighted by atomic mass is 10.0. The third-order valence-electron chi connectivity index (χ3n) is 4.31. The van der Waals surface area contributed by atoms with Gasteiger partial charge in [-0.1, -0.05) is 26.7 Å². The number of alkyl halides is 2. The van der Waals surface area contributed by atoms with Gasteiger partial charge in [-0.25, -0.2) is 8.78 Å². The summed E-state index contributed by atoms with van der Waals surface area (Å²) in [6.45, 7) is 5.18. The Morgan fingerprint density at radius 3 is 2.48 bits per heavy atom. The first-order valence-corrected chi connectivity index (χ1v) is 7.93. The third kappa shape index (κ3) is 4.08. The van der Waals surface area contributed by atoms with E-state index in [0.717, 1.165) is 25.8 Å². The van der Waals surface area contributed by atoms with Crippen LogP contribution >= 0.6 is 0 Å². The second-order valence-electron chi connectivity index (χ2n) is 6.43.